The Bertz CT molecular complexity index is 1200. The summed E-state index contributed by atoms with van der Waals surface area (Å²) in [5.41, 5.74) is 1.05. The Kier molecular flexibility index (Phi) is 5.46. The summed E-state index contributed by atoms with van der Waals surface area (Å²) in [5, 5.41) is 8.00. The highest BCUT2D eigenvalue weighted by Crippen LogP contribution is 2.49. The van der Waals surface area contributed by atoms with E-state index >= 15 is 0 Å². The average Bonchev–Trinajstić information content (AvgIpc) is 3.32. The third-order valence-electron chi connectivity index (χ3n) is 5.93. The molecule has 2 aromatic carbocycles. The first-order valence-electron chi connectivity index (χ1n) is 10.9. The van der Waals surface area contributed by atoms with Gasteiger partial charge in [0, 0.05) is 22.4 Å². The lowest BCUT2D eigenvalue weighted by atomic mass is 9.89. The van der Waals surface area contributed by atoms with Crippen molar-refractivity contribution in [1.82, 2.24) is 10.6 Å². The molecule has 8 heteroatoms. The maximum absolute atomic E-state index is 13.2. The minimum absolute atomic E-state index is 0.180. The number of hydrogen-bond donors (Lipinski definition) is 2. The van der Waals surface area contributed by atoms with Crippen LogP contribution < -0.4 is 25.0 Å². The third kappa shape index (κ3) is 3.91. The van der Waals surface area contributed by atoms with E-state index in [-0.39, 0.29) is 18.0 Å². The van der Waals surface area contributed by atoms with Crippen LogP contribution in [0.1, 0.15) is 47.1 Å². The van der Waals surface area contributed by atoms with Crippen LogP contribution in [0.2, 0.25) is 0 Å². The first kappa shape index (κ1) is 21.3. The highest BCUT2D eigenvalue weighted by Gasteiger charge is 2.50. The van der Waals surface area contributed by atoms with Crippen LogP contribution in [0.4, 0.5) is 10.5 Å². The summed E-state index contributed by atoms with van der Waals surface area (Å²) in [5.74, 6) is 1.11. The van der Waals surface area contributed by atoms with Crippen LogP contribution >= 0.6 is 11.3 Å². The topological polar surface area (TPSA) is 79.9 Å². The summed E-state index contributed by atoms with van der Waals surface area (Å²) in [4.78, 5) is 28.6. The van der Waals surface area contributed by atoms with Gasteiger partial charge in [-0.2, -0.15) is 0 Å². The van der Waals surface area contributed by atoms with Crippen LogP contribution in [0.3, 0.4) is 0 Å². The van der Waals surface area contributed by atoms with Crippen molar-refractivity contribution >= 4 is 29.0 Å². The zero-order valence-corrected chi connectivity index (χ0v) is 19.3. The second-order valence-corrected chi connectivity index (χ2v) is 9.27. The van der Waals surface area contributed by atoms with Crippen molar-refractivity contribution in [1.29, 1.82) is 0 Å². The second kappa shape index (κ2) is 8.44. The number of anilines is 1. The molecule has 2 bridgehead atoms. The second-order valence-electron chi connectivity index (χ2n) is 8.24. The third-order valence-corrected chi connectivity index (χ3v) is 6.81. The highest BCUT2D eigenvalue weighted by atomic mass is 32.1. The molecule has 2 atom stereocenters. The lowest BCUT2D eigenvalue weighted by Crippen LogP contribution is -2.65. The summed E-state index contributed by atoms with van der Waals surface area (Å²) < 4.78 is 12.2. The number of hydrogen-bond acceptors (Lipinski definition) is 5. The van der Waals surface area contributed by atoms with Gasteiger partial charge in [-0.15, -0.1) is 11.3 Å². The van der Waals surface area contributed by atoms with Gasteiger partial charge in [0.2, 0.25) is 0 Å². The minimum atomic E-state index is -0.931. The Morgan fingerprint density at radius 1 is 1.27 bits per heavy atom. The first-order valence-corrected chi connectivity index (χ1v) is 11.8. The van der Waals surface area contributed by atoms with Gasteiger partial charge in [0.1, 0.15) is 0 Å². The number of ether oxygens (including phenoxy) is 2. The zero-order chi connectivity index (χ0) is 23.0. The van der Waals surface area contributed by atoms with E-state index in [2.05, 4.69) is 10.6 Å². The van der Waals surface area contributed by atoms with Gasteiger partial charge in [0.25, 0.3) is 5.91 Å². The van der Waals surface area contributed by atoms with Crippen molar-refractivity contribution < 1.29 is 19.1 Å². The lowest BCUT2D eigenvalue weighted by molar-refractivity contribution is 0.0343. The molecule has 1 aromatic heterocycles. The summed E-state index contributed by atoms with van der Waals surface area (Å²) >= 11 is 1.59. The minimum Gasteiger partial charge on any atom is -0.490 e. The molecule has 1 saturated heterocycles. The number of rotatable bonds is 6. The summed E-state index contributed by atoms with van der Waals surface area (Å²) in [6.45, 7) is 4.80. The van der Waals surface area contributed by atoms with Crippen LogP contribution in [-0.2, 0) is 6.54 Å². The van der Waals surface area contributed by atoms with Gasteiger partial charge in [0.05, 0.1) is 24.9 Å². The van der Waals surface area contributed by atoms with E-state index in [0.29, 0.717) is 42.3 Å². The molecule has 2 aliphatic heterocycles. The largest absolute Gasteiger partial charge is 0.490 e. The van der Waals surface area contributed by atoms with Crippen molar-refractivity contribution in [2.45, 2.75) is 38.6 Å². The smallest absolute Gasteiger partial charge is 0.325 e. The van der Waals surface area contributed by atoms with E-state index in [0.717, 1.165) is 10.4 Å². The quantitative estimate of drug-likeness (QED) is 0.548. The van der Waals surface area contributed by atoms with Gasteiger partial charge in [0.15, 0.2) is 17.2 Å². The molecule has 0 aliphatic carbocycles. The summed E-state index contributed by atoms with van der Waals surface area (Å²) in [6.07, 6.45) is 0.566. The predicted molar refractivity (Wildman–Crippen MR) is 127 cm³/mol. The normalized spacial score (nSPS) is 21.0. The number of benzene rings is 2. The van der Waals surface area contributed by atoms with Crippen molar-refractivity contribution in [2.75, 3.05) is 11.5 Å². The Morgan fingerprint density at radius 2 is 2.12 bits per heavy atom. The van der Waals surface area contributed by atoms with Gasteiger partial charge in [-0.1, -0.05) is 24.3 Å². The maximum atomic E-state index is 13.2. The number of nitrogens with zero attached hydrogens (tertiary/aromatic N) is 1. The van der Waals surface area contributed by atoms with Crippen molar-refractivity contribution in [3.05, 3.63) is 76.0 Å². The van der Waals surface area contributed by atoms with Crippen LogP contribution in [0.15, 0.2) is 60.0 Å². The Balaban J connectivity index is 1.44. The molecule has 0 saturated carbocycles. The molecule has 3 aromatic rings. The van der Waals surface area contributed by atoms with E-state index < -0.39 is 5.72 Å². The molecule has 5 rings (SSSR count). The molecule has 2 N–H and O–H groups in total. The van der Waals surface area contributed by atoms with Crippen LogP contribution in [0.25, 0.3) is 0 Å². The Hall–Kier alpha value is -3.52. The molecule has 7 nitrogen and oxygen atoms in total. The van der Waals surface area contributed by atoms with Gasteiger partial charge < -0.3 is 20.1 Å². The summed E-state index contributed by atoms with van der Waals surface area (Å²) in [7, 11) is 0. The molecule has 1 fully saturated rings. The lowest BCUT2D eigenvalue weighted by Gasteiger charge is -2.50. The van der Waals surface area contributed by atoms with Crippen molar-refractivity contribution in [2.24, 2.45) is 0 Å². The first-order chi connectivity index (χ1) is 16.0. The fraction of sp³-hybridized carbons (Fsp3) is 0.280. The standard InChI is InChI=1S/C25H25N3O4S/c1-3-31-21-11-5-10-19-20-14-25(2,32-22(19)21)28(24(30)27-20)17-8-4-7-16(13-17)23(29)26-15-18-9-6-12-33-18/h4-13,20H,3,14-15H2,1-2H3,(H,26,29)(H,27,30)/t20?,25-/m1/s1. The van der Waals surface area contributed by atoms with E-state index in [1.807, 2.05) is 55.6 Å². The summed E-state index contributed by atoms with van der Waals surface area (Å²) in [6, 6.07) is 16.3. The van der Waals surface area contributed by atoms with E-state index in [4.69, 9.17) is 9.47 Å². The molecule has 0 radical (unpaired) electrons. The van der Waals surface area contributed by atoms with Gasteiger partial charge in [-0.3, -0.25) is 9.69 Å². The van der Waals surface area contributed by atoms with E-state index in [1.165, 1.54) is 0 Å². The molecule has 1 unspecified atom stereocenters. The average molecular weight is 464 g/mol. The molecule has 170 valence electrons. The molecular weight excluding hydrogens is 438 g/mol. The predicted octanol–water partition coefficient (Wildman–Crippen LogP) is 4.85. The number of urea groups is 1. The monoisotopic (exact) mass is 463 g/mol. The highest BCUT2D eigenvalue weighted by molar-refractivity contribution is 7.09. The number of nitrogens with one attached hydrogen (secondary N) is 2. The van der Waals surface area contributed by atoms with E-state index in [9.17, 15) is 9.59 Å². The molecule has 3 amide bonds. The number of thiophene rings is 1. The maximum Gasteiger partial charge on any atom is 0.325 e. The van der Waals surface area contributed by atoms with Gasteiger partial charge in [-0.25, -0.2) is 4.79 Å². The van der Waals surface area contributed by atoms with Crippen LogP contribution in [0, 0.1) is 0 Å². The zero-order valence-electron chi connectivity index (χ0n) is 18.5. The molecule has 0 spiro atoms. The van der Waals surface area contributed by atoms with Crippen LogP contribution in [-0.4, -0.2) is 24.3 Å². The number of fused-ring (bicyclic) bond motifs is 4. The molecule has 33 heavy (non-hydrogen) atoms. The van der Waals surface area contributed by atoms with Crippen LogP contribution in [0.5, 0.6) is 11.5 Å². The fourth-order valence-corrected chi connectivity index (χ4v) is 5.13. The SMILES string of the molecule is CCOc1cccc2c1O[C@]1(C)CC2NC(=O)N1c1cccc(C(=O)NCc2cccs2)c1. The Morgan fingerprint density at radius 3 is 2.91 bits per heavy atom. The van der Waals surface area contributed by atoms with Crippen molar-refractivity contribution in [3.63, 3.8) is 0 Å². The fourth-order valence-electron chi connectivity index (χ4n) is 4.49. The van der Waals surface area contributed by atoms with Crippen molar-refractivity contribution in [3.8, 4) is 11.5 Å². The van der Waals surface area contributed by atoms with E-state index in [1.54, 1.807) is 34.4 Å². The van der Waals surface area contributed by atoms with Gasteiger partial charge in [-0.05, 0) is 49.6 Å². The molecular formula is C25H25N3O4S. The Labute approximate surface area is 196 Å². The molecule has 3 heterocycles. The number of para-hydroxylation sites is 1. The number of amides is 3. The molecule has 2 aliphatic rings. The van der Waals surface area contributed by atoms with Gasteiger partial charge >= 0.3 is 6.03 Å². The number of carbonyl (C=O) groups is 2. The number of carbonyl (C=O) groups excluding carboxylic acids is 2.